The molecule has 1 amide bonds. The predicted molar refractivity (Wildman–Crippen MR) is 112 cm³/mol. The summed E-state index contributed by atoms with van der Waals surface area (Å²) in [6.45, 7) is 7.66. The smallest absolute Gasteiger partial charge is 0.222 e. The van der Waals surface area contributed by atoms with E-state index < -0.39 is 0 Å². The Morgan fingerprint density at radius 1 is 1.32 bits per heavy atom. The van der Waals surface area contributed by atoms with Crippen LogP contribution in [0.5, 0.6) is 0 Å². The average Bonchev–Trinajstić information content (AvgIpc) is 3.13. The van der Waals surface area contributed by atoms with Crippen LogP contribution in [-0.4, -0.2) is 40.2 Å². The number of amides is 1. The van der Waals surface area contributed by atoms with E-state index in [1.807, 2.05) is 51.4 Å². The van der Waals surface area contributed by atoms with E-state index in [2.05, 4.69) is 19.9 Å². The molecule has 1 aromatic carbocycles. The molecule has 2 aromatic heterocycles. The van der Waals surface area contributed by atoms with Crippen LogP contribution < -0.4 is 11.1 Å². The zero-order valence-electron chi connectivity index (χ0n) is 16.8. The number of imidazole rings is 1. The number of hydrogen-bond acceptors (Lipinski definition) is 5. The van der Waals surface area contributed by atoms with Gasteiger partial charge in [0, 0.05) is 24.5 Å². The number of benzene rings is 1. The minimum Gasteiger partial charge on any atom is -0.382 e. The SMILES string of the molecule is CCOCC(CCCNC(=O)C(C)C)n1cnc2c(N)nc3ccccc3c21. The summed E-state index contributed by atoms with van der Waals surface area (Å²) in [5, 5.41) is 4.01. The third kappa shape index (κ3) is 4.25. The average molecular weight is 383 g/mol. The van der Waals surface area contributed by atoms with Gasteiger partial charge in [0.05, 0.1) is 30.0 Å². The lowest BCUT2D eigenvalue weighted by molar-refractivity contribution is -0.123. The first kappa shape index (κ1) is 20.1. The van der Waals surface area contributed by atoms with Crippen molar-refractivity contribution in [1.82, 2.24) is 19.9 Å². The third-order valence-corrected chi connectivity index (χ3v) is 4.88. The number of hydrogen-bond donors (Lipinski definition) is 2. The summed E-state index contributed by atoms with van der Waals surface area (Å²) in [7, 11) is 0. The van der Waals surface area contributed by atoms with Gasteiger partial charge in [0.25, 0.3) is 0 Å². The molecule has 0 saturated heterocycles. The Bertz CT molecular complexity index is 951. The number of rotatable bonds is 9. The van der Waals surface area contributed by atoms with E-state index in [4.69, 9.17) is 10.5 Å². The second kappa shape index (κ2) is 9.01. The molecule has 0 fully saturated rings. The topological polar surface area (TPSA) is 95.1 Å². The molecule has 0 saturated carbocycles. The Morgan fingerprint density at radius 2 is 2.11 bits per heavy atom. The normalized spacial score (nSPS) is 12.7. The van der Waals surface area contributed by atoms with E-state index >= 15 is 0 Å². The maximum absolute atomic E-state index is 11.8. The van der Waals surface area contributed by atoms with Crippen molar-refractivity contribution in [2.24, 2.45) is 5.92 Å². The van der Waals surface area contributed by atoms with Crippen LogP contribution in [0, 0.1) is 5.92 Å². The molecule has 0 aliphatic rings. The number of nitrogens with two attached hydrogens (primary N) is 1. The number of anilines is 1. The van der Waals surface area contributed by atoms with Crippen molar-refractivity contribution in [3.63, 3.8) is 0 Å². The van der Waals surface area contributed by atoms with Gasteiger partial charge in [-0.1, -0.05) is 32.0 Å². The zero-order valence-corrected chi connectivity index (χ0v) is 16.8. The number of aromatic nitrogens is 3. The molecule has 150 valence electrons. The van der Waals surface area contributed by atoms with Gasteiger partial charge < -0.3 is 20.4 Å². The molecule has 3 rings (SSSR count). The molecule has 0 aliphatic carbocycles. The molecule has 2 heterocycles. The highest BCUT2D eigenvalue weighted by molar-refractivity contribution is 6.06. The predicted octanol–water partition coefficient (Wildman–Crippen LogP) is 3.30. The molecule has 7 nitrogen and oxygen atoms in total. The molecule has 0 spiro atoms. The number of para-hydroxylation sites is 1. The number of ether oxygens (including phenoxy) is 1. The van der Waals surface area contributed by atoms with E-state index in [9.17, 15) is 4.79 Å². The lowest BCUT2D eigenvalue weighted by atomic mass is 10.1. The van der Waals surface area contributed by atoms with Crippen LogP contribution in [0.1, 0.15) is 39.7 Å². The quantitative estimate of drug-likeness (QED) is 0.553. The first-order chi connectivity index (χ1) is 13.5. The van der Waals surface area contributed by atoms with E-state index in [1.165, 1.54) is 0 Å². The molecule has 1 atom stereocenters. The fourth-order valence-corrected chi connectivity index (χ4v) is 3.36. The van der Waals surface area contributed by atoms with E-state index in [1.54, 1.807) is 0 Å². The molecular weight excluding hydrogens is 354 g/mol. The highest BCUT2D eigenvalue weighted by Gasteiger charge is 2.18. The van der Waals surface area contributed by atoms with E-state index in [0.29, 0.717) is 31.1 Å². The monoisotopic (exact) mass is 383 g/mol. The molecule has 1 unspecified atom stereocenters. The van der Waals surface area contributed by atoms with Gasteiger partial charge in [0.15, 0.2) is 5.82 Å². The van der Waals surface area contributed by atoms with Crippen molar-refractivity contribution in [3.8, 4) is 0 Å². The van der Waals surface area contributed by atoms with Crippen LogP contribution in [0.4, 0.5) is 5.82 Å². The maximum Gasteiger partial charge on any atom is 0.222 e. The summed E-state index contributed by atoms with van der Waals surface area (Å²) in [5.41, 5.74) is 8.71. The molecule has 0 bridgehead atoms. The maximum atomic E-state index is 11.8. The zero-order chi connectivity index (χ0) is 20.1. The van der Waals surface area contributed by atoms with E-state index in [-0.39, 0.29) is 17.9 Å². The van der Waals surface area contributed by atoms with Crippen LogP contribution in [0.15, 0.2) is 30.6 Å². The van der Waals surface area contributed by atoms with Gasteiger partial charge in [-0.05, 0) is 25.8 Å². The molecule has 3 N–H and O–H groups in total. The van der Waals surface area contributed by atoms with Gasteiger partial charge in [0.1, 0.15) is 5.52 Å². The van der Waals surface area contributed by atoms with Gasteiger partial charge in [-0.3, -0.25) is 4.79 Å². The number of nitrogen functional groups attached to an aromatic ring is 1. The molecule has 7 heteroatoms. The molecule has 28 heavy (non-hydrogen) atoms. The van der Waals surface area contributed by atoms with Gasteiger partial charge in [-0.15, -0.1) is 0 Å². The Balaban J connectivity index is 1.88. The van der Waals surface area contributed by atoms with E-state index in [0.717, 1.165) is 29.3 Å². The number of carbonyl (C=O) groups excluding carboxylic acids is 1. The molecular formula is C21H29N5O2. The number of pyridine rings is 1. The lowest BCUT2D eigenvalue weighted by Crippen LogP contribution is -2.29. The van der Waals surface area contributed by atoms with Crippen LogP contribution >= 0.6 is 0 Å². The van der Waals surface area contributed by atoms with Gasteiger partial charge in [-0.25, -0.2) is 9.97 Å². The Labute approximate surface area is 165 Å². The number of fused-ring (bicyclic) bond motifs is 3. The second-order valence-electron chi connectivity index (χ2n) is 7.26. The summed E-state index contributed by atoms with van der Waals surface area (Å²) < 4.78 is 7.89. The Morgan fingerprint density at radius 3 is 2.86 bits per heavy atom. The molecule has 0 aliphatic heterocycles. The van der Waals surface area contributed by atoms with Crippen molar-refractivity contribution in [2.75, 3.05) is 25.5 Å². The summed E-state index contributed by atoms with van der Waals surface area (Å²) >= 11 is 0. The summed E-state index contributed by atoms with van der Waals surface area (Å²) in [5.74, 6) is 0.518. The highest BCUT2D eigenvalue weighted by atomic mass is 16.5. The van der Waals surface area contributed by atoms with Gasteiger partial charge in [0.2, 0.25) is 5.91 Å². The fourth-order valence-electron chi connectivity index (χ4n) is 3.36. The first-order valence-corrected chi connectivity index (χ1v) is 9.89. The number of nitrogens with one attached hydrogen (secondary N) is 1. The van der Waals surface area contributed by atoms with Crippen molar-refractivity contribution < 1.29 is 9.53 Å². The Hall–Kier alpha value is -2.67. The van der Waals surface area contributed by atoms with Crippen LogP contribution in [0.3, 0.4) is 0 Å². The van der Waals surface area contributed by atoms with Crippen molar-refractivity contribution in [1.29, 1.82) is 0 Å². The lowest BCUT2D eigenvalue weighted by Gasteiger charge is -2.20. The number of carbonyl (C=O) groups is 1. The molecule has 0 radical (unpaired) electrons. The summed E-state index contributed by atoms with van der Waals surface area (Å²) in [4.78, 5) is 20.8. The Kier molecular flexibility index (Phi) is 6.46. The van der Waals surface area contributed by atoms with Gasteiger partial charge >= 0.3 is 0 Å². The van der Waals surface area contributed by atoms with Crippen molar-refractivity contribution in [2.45, 2.75) is 39.7 Å². The number of nitrogens with zero attached hydrogens (tertiary/aromatic N) is 3. The molecule has 3 aromatic rings. The summed E-state index contributed by atoms with van der Waals surface area (Å²) in [6.07, 6.45) is 3.54. The second-order valence-corrected chi connectivity index (χ2v) is 7.26. The standard InChI is InChI=1S/C21H29N5O2/c1-4-28-12-15(8-7-11-23-21(27)14(2)3)26-13-24-18-19(26)16-9-5-6-10-17(16)25-20(18)22/h5-6,9-10,13-15H,4,7-8,11-12H2,1-3H3,(H2,22,25)(H,23,27). The largest absolute Gasteiger partial charge is 0.382 e. The van der Waals surface area contributed by atoms with Crippen LogP contribution in [0.2, 0.25) is 0 Å². The highest BCUT2D eigenvalue weighted by Crippen LogP contribution is 2.30. The fraction of sp³-hybridized carbons (Fsp3) is 0.476. The van der Waals surface area contributed by atoms with Crippen molar-refractivity contribution in [3.05, 3.63) is 30.6 Å². The van der Waals surface area contributed by atoms with Gasteiger partial charge in [-0.2, -0.15) is 0 Å². The minimum atomic E-state index is -0.00125. The summed E-state index contributed by atoms with van der Waals surface area (Å²) in [6, 6.07) is 8.06. The minimum absolute atomic E-state index is 0.00125. The third-order valence-electron chi connectivity index (χ3n) is 4.88. The van der Waals surface area contributed by atoms with Crippen LogP contribution in [0.25, 0.3) is 21.9 Å². The van der Waals surface area contributed by atoms with Crippen LogP contribution in [-0.2, 0) is 9.53 Å². The first-order valence-electron chi connectivity index (χ1n) is 9.89. The van der Waals surface area contributed by atoms with Crippen molar-refractivity contribution >= 4 is 33.7 Å².